The first kappa shape index (κ1) is 18.0. The molecule has 1 atom stereocenters. The van der Waals surface area contributed by atoms with Crippen LogP contribution in [0, 0.1) is 5.92 Å². The maximum absolute atomic E-state index is 12.6. The molecule has 2 N–H and O–H groups in total. The van der Waals surface area contributed by atoms with Gasteiger partial charge < -0.3 is 10.6 Å². The molecule has 27 heavy (non-hydrogen) atoms. The van der Waals surface area contributed by atoms with Crippen molar-refractivity contribution in [2.75, 3.05) is 6.54 Å². The predicted molar refractivity (Wildman–Crippen MR) is 101 cm³/mol. The van der Waals surface area contributed by atoms with Gasteiger partial charge in [-0.25, -0.2) is 4.79 Å². The van der Waals surface area contributed by atoms with Crippen molar-refractivity contribution in [1.29, 1.82) is 0 Å². The summed E-state index contributed by atoms with van der Waals surface area (Å²) in [6.45, 7) is 0.305. The van der Waals surface area contributed by atoms with Gasteiger partial charge in [-0.05, 0) is 43.6 Å². The first-order valence-corrected chi connectivity index (χ1v) is 10.1. The second-order valence-electron chi connectivity index (χ2n) is 8.07. The summed E-state index contributed by atoms with van der Waals surface area (Å²) < 4.78 is 0. The van der Waals surface area contributed by atoms with E-state index >= 15 is 0 Å². The summed E-state index contributed by atoms with van der Waals surface area (Å²) in [6, 6.07) is 9.83. The third-order valence-electron chi connectivity index (χ3n) is 6.06. The average molecular weight is 369 g/mol. The Labute approximate surface area is 159 Å². The van der Waals surface area contributed by atoms with E-state index in [9.17, 15) is 14.4 Å². The number of nitrogens with zero attached hydrogens (tertiary/aromatic N) is 1. The molecule has 3 aliphatic rings. The van der Waals surface area contributed by atoms with E-state index in [4.69, 9.17) is 0 Å². The zero-order valence-electron chi connectivity index (χ0n) is 15.6. The zero-order chi connectivity index (χ0) is 18.9. The fourth-order valence-corrected chi connectivity index (χ4v) is 4.40. The summed E-state index contributed by atoms with van der Waals surface area (Å²) in [5, 5.41) is 6.03. The minimum Gasteiger partial charge on any atom is -0.349 e. The van der Waals surface area contributed by atoms with Crippen LogP contribution in [0.2, 0.25) is 0 Å². The number of benzene rings is 1. The van der Waals surface area contributed by atoms with E-state index in [1.165, 1.54) is 4.90 Å². The van der Waals surface area contributed by atoms with Crippen molar-refractivity contribution in [3.8, 4) is 0 Å². The van der Waals surface area contributed by atoms with Crippen LogP contribution >= 0.6 is 0 Å². The van der Waals surface area contributed by atoms with Crippen molar-refractivity contribution in [2.45, 2.75) is 62.9 Å². The van der Waals surface area contributed by atoms with Crippen LogP contribution in [-0.4, -0.2) is 34.8 Å². The van der Waals surface area contributed by atoms with Gasteiger partial charge in [-0.1, -0.05) is 43.2 Å². The Balaban J connectivity index is 1.28. The molecule has 1 heterocycles. The van der Waals surface area contributed by atoms with E-state index in [1.807, 2.05) is 18.2 Å². The minimum absolute atomic E-state index is 0.0154. The molecule has 6 heteroatoms. The average Bonchev–Trinajstić information content (AvgIpc) is 3.36. The highest BCUT2D eigenvalue weighted by Crippen LogP contribution is 2.41. The van der Waals surface area contributed by atoms with Gasteiger partial charge in [-0.3, -0.25) is 14.5 Å². The molecule has 1 aromatic carbocycles. The van der Waals surface area contributed by atoms with Crippen molar-refractivity contribution in [3.05, 3.63) is 35.9 Å². The Morgan fingerprint density at radius 2 is 1.89 bits per heavy atom. The van der Waals surface area contributed by atoms with Gasteiger partial charge >= 0.3 is 6.03 Å². The monoisotopic (exact) mass is 369 g/mol. The Hall–Kier alpha value is -2.37. The lowest BCUT2D eigenvalue weighted by Gasteiger charge is -2.20. The number of hydrogen-bond acceptors (Lipinski definition) is 3. The molecule has 3 fully saturated rings. The largest absolute Gasteiger partial charge is 0.349 e. The lowest BCUT2D eigenvalue weighted by molar-refractivity contribution is -0.131. The Morgan fingerprint density at radius 3 is 2.56 bits per heavy atom. The molecule has 2 aliphatic carbocycles. The molecule has 6 nitrogen and oxygen atoms in total. The third kappa shape index (κ3) is 3.70. The number of hydrogen-bond donors (Lipinski definition) is 2. The third-order valence-corrected chi connectivity index (χ3v) is 6.06. The maximum atomic E-state index is 12.6. The van der Waals surface area contributed by atoms with Crippen molar-refractivity contribution in [1.82, 2.24) is 15.5 Å². The van der Waals surface area contributed by atoms with Crippen LogP contribution in [0.5, 0.6) is 0 Å². The fourth-order valence-electron chi connectivity index (χ4n) is 4.40. The molecule has 2 saturated carbocycles. The van der Waals surface area contributed by atoms with Gasteiger partial charge in [0, 0.05) is 13.0 Å². The molecule has 1 aromatic rings. The lowest BCUT2D eigenvalue weighted by Crippen LogP contribution is -2.44. The Bertz CT molecular complexity index is 723. The SMILES string of the molecule is O=C(CCCN1C(=O)NC2(CCCC2)C1=O)N[C@@H](c1ccccc1)C1CC1. The second kappa shape index (κ2) is 7.33. The molecule has 4 amide bonds. The van der Waals surface area contributed by atoms with Gasteiger partial charge in [0.15, 0.2) is 0 Å². The molecule has 0 bridgehead atoms. The van der Waals surface area contributed by atoms with E-state index in [2.05, 4.69) is 22.8 Å². The van der Waals surface area contributed by atoms with E-state index in [0.29, 0.717) is 25.3 Å². The number of carbonyl (C=O) groups excluding carboxylic acids is 3. The lowest BCUT2D eigenvalue weighted by atomic mass is 9.98. The Morgan fingerprint density at radius 1 is 1.19 bits per heavy atom. The minimum atomic E-state index is -0.663. The summed E-state index contributed by atoms with van der Waals surface area (Å²) in [7, 11) is 0. The van der Waals surface area contributed by atoms with Gasteiger partial charge in [0.2, 0.25) is 5.91 Å². The number of imide groups is 1. The maximum Gasteiger partial charge on any atom is 0.325 e. The van der Waals surface area contributed by atoms with E-state index in [0.717, 1.165) is 44.1 Å². The molecule has 0 unspecified atom stereocenters. The van der Waals surface area contributed by atoms with Crippen molar-refractivity contribution >= 4 is 17.8 Å². The fraction of sp³-hybridized carbons (Fsp3) is 0.571. The number of amides is 4. The number of nitrogens with one attached hydrogen (secondary N) is 2. The highest BCUT2D eigenvalue weighted by Gasteiger charge is 2.52. The normalized spacial score (nSPS) is 22.1. The quantitative estimate of drug-likeness (QED) is 0.726. The van der Waals surface area contributed by atoms with Gasteiger partial charge in [0.1, 0.15) is 5.54 Å². The van der Waals surface area contributed by atoms with Crippen LogP contribution in [0.15, 0.2) is 30.3 Å². The number of carbonyl (C=O) groups is 3. The topological polar surface area (TPSA) is 78.5 Å². The van der Waals surface area contributed by atoms with Gasteiger partial charge in [0.25, 0.3) is 5.91 Å². The number of urea groups is 1. The van der Waals surface area contributed by atoms with E-state index in [-0.39, 0.29) is 23.9 Å². The first-order valence-electron chi connectivity index (χ1n) is 10.1. The summed E-state index contributed by atoms with van der Waals surface area (Å²) >= 11 is 0. The van der Waals surface area contributed by atoms with Gasteiger partial charge in [0.05, 0.1) is 6.04 Å². The molecule has 0 radical (unpaired) electrons. The van der Waals surface area contributed by atoms with Crippen LogP contribution in [0.25, 0.3) is 0 Å². The van der Waals surface area contributed by atoms with Crippen molar-refractivity contribution < 1.29 is 14.4 Å². The van der Waals surface area contributed by atoms with Crippen LogP contribution in [0.4, 0.5) is 4.79 Å². The molecular weight excluding hydrogens is 342 g/mol. The number of rotatable bonds is 7. The summed E-state index contributed by atoms with van der Waals surface area (Å²) in [4.78, 5) is 38.5. The predicted octanol–water partition coefficient (Wildman–Crippen LogP) is 2.90. The summed E-state index contributed by atoms with van der Waals surface area (Å²) in [5.41, 5.74) is 0.481. The van der Waals surface area contributed by atoms with E-state index in [1.54, 1.807) is 0 Å². The molecule has 1 saturated heterocycles. The highest BCUT2D eigenvalue weighted by molar-refractivity contribution is 6.07. The summed E-state index contributed by atoms with van der Waals surface area (Å²) in [5.74, 6) is 0.397. The smallest absolute Gasteiger partial charge is 0.325 e. The molecule has 1 aliphatic heterocycles. The van der Waals surface area contributed by atoms with Gasteiger partial charge in [-0.15, -0.1) is 0 Å². The van der Waals surface area contributed by atoms with Crippen molar-refractivity contribution in [3.63, 3.8) is 0 Å². The molecule has 0 aromatic heterocycles. The van der Waals surface area contributed by atoms with Gasteiger partial charge in [-0.2, -0.15) is 0 Å². The van der Waals surface area contributed by atoms with Crippen LogP contribution in [-0.2, 0) is 9.59 Å². The van der Waals surface area contributed by atoms with Crippen LogP contribution < -0.4 is 10.6 Å². The molecule has 144 valence electrons. The van der Waals surface area contributed by atoms with Crippen molar-refractivity contribution in [2.24, 2.45) is 5.92 Å². The second-order valence-corrected chi connectivity index (χ2v) is 8.07. The molecule has 4 rings (SSSR count). The summed E-state index contributed by atoms with van der Waals surface area (Å²) in [6.07, 6.45) is 6.51. The Kier molecular flexibility index (Phi) is 4.89. The molecular formula is C21H27N3O3. The van der Waals surface area contributed by atoms with Crippen LogP contribution in [0.1, 0.15) is 63.0 Å². The standard InChI is InChI=1S/C21H27N3O3/c25-17(22-18(16-10-11-16)15-7-2-1-3-8-15)9-6-14-24-19(26)21(23-20(24)27)12-4-5-13-21/h1-3,7-8,16,18H,4-6,9-14H2,(H,22,25)(H,23,27)/t18-/m0/s1. The van der Waals surface area contributed by atoms with Crippen LogP contribution in [0.3, 0.4) is 0 Å². The highest BCUT2D eigenvalue weighted by atomic mass is 16.2. The first-order chi connectivity index (χ1) is 13.1. The van der Waals surface area contributed by atoms with E-state index < -0.39 is 5.54 Å². The zero-order valence-corrected chi connectivity index (χ0v) is 15.6. The molecule has 1 spiro atoms.